The lowest BCUT2D eigenvalue weighted by Crippen LogP contribution is -2.24. The molecule has 1 unspecified atom stereocenters. The van der Waals surface area contributed by atoms with Crippen LogP contribution in [0.1, 0.15) is 30.6 Å². The van der Waals surface area contributed by atoms with Crippen LogP contribution in [-0.2, 0) is 0 Å². The van der Waals surface area contributed by atoms with Crippen LogP contribution in [0.25, 0.3) is 0 Å². The van der Waals surface area contributed by atoms with E-state index in [9.17, 15) is 4.39 Å². The molecule has 6 heteroatoms. The summed E-state index contributed by atoms with van der Waals surface area (Å²) < 4.78 is 14.6. The fraction of sp³-hybridized carbons (Fsp3) is 0.333. The van der Waals surface area contributed by atoms with Crippen LogP contribution in [0.15, 0.2) is 28.9 Å². The van der Waals surface area contributed by atoms with Gasteiger partial charge in [-0.3, -0.25) is 0 Å². The van der Waals surface area contributed by atoms with Gasteiger partial charge in [-0.25, -0.2) is 4.39 Å². The number of aromatic amines is 1. The molecule has 0 bridgehead atoms. The monoisotopic (exact) mass is 312 g/mol. The number of halogens is 2. The maximum Gasteiger partial charge on any atom is 0.142 e. The van der Waals surface area contributed by atoms with Gasteiger partial charge >= 0.3 is 0 Å². The van der Waals surface area contributed by atoms with E-state index < -0.39 is 0 Å². The topological polar surface area (TPSA) is 53.6 Å². The minimum absolute atomic E-state index is 0.269. The molecular formula is C12H14BrFN4. The molecule has 18 heavy (non-hydrogen) atoms. The number of aromatic nitrogens is 3. The van der Waals surface area contributed by atoms with Gasteiger partial charge in [0.05, 0.1) is 16.7 Å². The highest BCUT2D eigenvalue weighted by Gasteiger charge is 2.20. The third-order valence-electron chi connectivity index (χ3n) is 2.62. The fourth-order valence-electron chi connectivity index (χ4n) is 1.76. The third kappa shape index (κ3) is 2.76. The van der Waals surface area contributed by atoms with E-state index in [2.05, 4.69) is 43.6 Å². The van der Waals surface area contributed by atoms with E-state index in [0.717, 1.165) is 13.0 Å². The molecule has 0 spiro atoms. The maximum atomic E-state index is 14.1. The quantitative estimate of drug-likeness (QED) is 0.892. The molecule has 1 atom stereocenters. The van der Waals surface area contributed by atoms with Crippen molar-refractivity contribution in [3.05, 3.63) is 45.9 Å². The highest BCUT2D eigenvalue weighted by Crippen LogP contribution is 2.27. The third-order valence-corrected chi connectivity index (χ3v) is 3.23. The Hall–Kier alpha value is -1.27. The Bertz CT molecular complexity index is 501. The van der Waals surface area contributed by atoms with Gasteiger partial charge in [0.15, 0.2) is 0 Å². The Morgan fingerprint density at radius 3 is 3.00 bits per heavy atom. The number of hydrogen-bond donors (Lipinski definition) is 2. The number of nitrogens with one attached hydrogen (secondary N) is 2. The van der Waals surface area contributed by atoms with Crippen LogP contribution in [-0.4, -0.2) is 22.0 Å². The van der Waals surface area contributed by atoms with E-state index >= 15 is 0 Å². The van der Waals surface area contributed by atoms with Gasteiger partial charge in [0.25, 0.3) is 0 Å². The smallest absolute Gasteiger partial charge is 0.142 e. The van der Waals surface area contributed by atoms with Crippen LogP contribution < -0.4 is 5.32 Å². The van der Waals surface area contributed by atoms with Crippen molar-refractivity contribution in [2.24, 2.45) is 0 Å². The van der Waals surface area contributed by atoms with Crippen molar-refractivity contribution in [2.45, 2.75) is 19.4 Å². The molecule has 0 aliphatic rings. The first-order valence-corrected chi connectivity index (χ1v) is 6.56. The molecule has 96 valence electrons. The SMILES string of the molecule is CCCNC(c1cn[nH]n1)c1cccc(Br)c1F. The summed E-state index contributed by atoms with van der Waals surface area (Å²) >= 11 is 3.20. The number of hydrogen-bond acceptors (Lipinski definition) is 3. The number of rotatable bonds is 5. The molecule has 4 nitrogen and oxygen atoms in total. The molecule has 0 aliphatic heterocycles. The first-order valence-electron chi connectivity index (χ1n) is 5.77. The van der Waals surface area contributed by atoms with Gasteiger partial charge in [0.1, 0.15) is 11.5 Å². The molecule has 2 rings (SSSR count). The van der Waals surface area contributed by atoms with E-state index in [4.69, 9.17) is 0 Å². The fourth-order valence-corrected chi connectivity index (χ4v) is 2.14. The van der Waals surface area contributed by atoms with Crippen molar-refractivity contribution in [3.8, 4) is 0 Å². The molecule has 0 saturated carbocycles. The van der Waals surface area contributed by atoms with E-state index in [1.54, 1.807) is 18.3 Å². The molecule has 1 heterocycles. The van der Waals surface area contributed by atoms with Crippen molar-refractivity contribution in [1.82, 2.24) is 20.7 Å². The molecule has 0 amide bonds. The summed E-state index contributed by atoms with van der Waals surface area (Å²) in [5.74, 6) is -0.269. The minimum Gasteiger partial charge on any atom is -0.305 e. The zero-order valence-electron chi connectivity index (χ0n) is 9.95. The summed E-state index contributed by atoms with van der Waals surface area (Å²) in [6.45, 7) is 2.84. The second-order valence-corrected chi connectivity index (χ2v) is 4.78. The van der Waals surface area contributed by atoms with Crippen LogP contribution in [0.2, 0.25) is 0 Å². The Kier molecular flexibility index (Phi) is 4.43. The molecule has 1 aromatic heterocycles. The van der Waals surface area contributed by atoms with Gasteiger partial charge in [0.2, 0.25) is 0 Å². The Labute approximate surface area is 113 Å². The summed E-state index contributed by atoms with van der Waals surface area (Å²) in [6.07, 6.45) is 2.57. The van der Waals surface area contributed by atoms with Gasteiger partial charge in [0, 0.05) is 5.56 Å². The highest BCUT2D eigenvalue weighted by molar-refractivity contribution is 9.10. The second kappa shape index (κ2) is 6.06. The summed E-state index contributed by atoms with van der Waals surface area (Å²) in [5.41, 5.74) is 1.24. The maximum absolute atomic E-state index is 14.1. The van der Waals surface area contributed by atoms with Gasteiger partial charge in [-0.1, -0.05) is 19.1 Å². The molecule has 2 aromatic rings. The van der Waals surface area contributed by atoms with Crippen LogP contribution in [0, 0.1) is 5.82 Å². The van der Waals surface area contributed by atoms with Crippen molar-refractivity contribution in [2.75, 3.05) is 6.54 Å². The second-order valence-electron chi connectivity index (χ2n) is 3.93. The zero-order chi connectivity index (χ0) is 13.0. The zero-order valence-corrected chi connectivity index (χ0v) is 11.5. The number of nitrogens with zero attached hydrogens (tertiary/aromatic N) is 2. The largest absolute Gasteiger partial charge is 0.305 e. The van der Waals surface area contributed by atoms with Crippen LogP contribution >= 0.6 is 15.9 Å². The lowest BCUT2D eigenvalue weighted by atomic mass is 10.0. The molecule has 1 aromatic carbocycles. The van der Waals surface area contributed by atoms with Crippen LogP contribution in [0.3, 0.4) is 0 Å². The standard InChI is InChI=1S/C12H14BrFN4/c1-2-6-15-12(10-7-16-18-17-10)8-4-3-5-9(13)11(8)14/h3-5,7,12,15H,2,6H2,1H3,(H,16,17,18). The summed E-state index contributed by atoms with van der Waals surface area (Å²) in [7, 11) is 0. The molecule has 0 saturated heterocycles. The van der Waals surface area contributed by atoms with Crippen LogP contribution in [0.5, 0.6) is 0 Å². The average Bonchev–Trinajstić information content (AvgIpc) is 2.88. The Balaban J connectivity index is 2.37. The van der Waals surface area contributed by atoms with Gasteiger partial charge in [-0.15, -0.1) is 0 Å². The minimum atomic E-state index is -0.291. The van der Waals surface area contributed by atoms with Gasteiger partial charge in [-0.05, 0) is 35.0 Å². The lowest BCUT2D eigenvalue weighted by molar-refractivity contribution is 0.535. The number of benzene rings is 1. The first-order chi connectivity index (χ1) is 8.74. The highest BCUT2D eigenvalue weighted by atomic mass is 79.9. The summed E-state index contributed by atoms with van der Waals surface area (Å²) in [5, 5.41) is 13.6. The average molecular weight is 313 g/mol. The van der Waals surface area contributed by atoms with E-state index in [0.29, 0.717) is 15.7 Å². The van der Waals surface area contributed by atoms with Crippen molar-refractivity contribution in [1.29, 1.82) is 0 Å². The molecule has 0 radical (unpaired) electrons. The molecule has 0 aliphatic carbocycles. The van der Waals surface area contributed by atoms with Crippen molar-refractivity contribution < 1.29 is 4.39 Å². The van der Waals surface area contributed by atoms with Gasteiger partial charge < -0.3 is 5.32 Å². The first kappa shape index (κ1) is 13.2. The van der Waals surface area contributed by atoms with E-state index in [1.165, 1.54) is 0 Å². The van der Waals surface area contributed by atoms with Crippen molar-refractivity contribution >= 4 is 15.9 Å². The Morgan fingerprint density at radius 1 is 1.50 bits per heavy atom. The molecule has 0 fully saturated rings. The Morgan fingerprint density at radius 2 is 2.33 bits per heavy atom. The summed E-state index contributed by atoms with van der Waals surface area (Å²) in [6, 6.07) is 4.95. The van der Waals surface area contributed by atoms with Crippen LogP contribution in [0.4, 0.5) is 4.39 Å². The predicted octanol–water partition coefficient (Wildman–Crippen LogP) is 2.80. The normalized spacial score (nSPS) is 12.6. The van der Waals surface area contributed by atoms with Gasteiger partial charge in [-0.2, -0.15) is 15.4 Å². The summed E-state index contributed by atoms with van der Waals surface area (Å²) in [4.78, 5) is 0. The predicted molar refractivity (Wildman–Crippen MR) is 70.6 cm³/mol. The van der Waals surface area contributed by atoms with E-state index in [-0.39, 0.29) is 11.9 Å². The number of H-pyrrole nitrogens is 1. The lowest BCUT2D eigenvalue weighted by Gasteiger charge is -2.17. The van der Waals surface area contributed by atoms with Crippen molar-refractivity contribution in [3.63, 3.8) is 0 Å². The van der Waals surface area contributed by atoms with E-state index in [1.807, 2.05) is 6.07 Å². The molecular weight excluding hydrogens is 299 g/mol. The molecule has 2 N–H and O–H groups in total.